The van der Waals surface area contributed by atoms with E-state index in [4.69, 9.17) is 4.74 Å². The molecule has 1 saturated heterocycles. The molecule has 1 aromatic heterocycles. The van der Waals surface area contributed by atoms with Gasteiger partial charge >= 0.3 is 0 Å². The number of amides is 1. The average Bonchev–Trinajstić information content (AvgIpc) is 2.99. The Bertz CT molecular complexity index is 876. The molecule has 2 heterocycles. The Morgan fingerprint density at radius 2 is 1.96 bits per heavy atom. The number of aromatic nitrogens is 2. The molecule has 0 bridgehead atoms. The molecule has 0 radical (unpaired) electrons. The molecule has 24 heavy (non-hydrogen) atoms. The zero-order valence-electron chi connectivity index (χ0n) is 13.6. The van der Waals surface area contributed by atoms with Crippen LogP contribution in [0.15, 0.2) is 54.7 Å². The molecular formula is C19H19N3O2. The number of carbonyl (C=O) groups excluding carboxylic acids is 1. The second-order valence-electron chi connectivity index (χ2n) is 6.12. The second kappa shape index (κ2) is 6.09. The monoisotopic (exact) mass is 321 g/mol. The Morgan fingerprint density at radius 3 is 2.75 bits per heavy atom. The lowest BCUT2D eigenvalue weighted by molar-refractivity contribution is -0.0503. The van der Waals surface area contributed by atoms with Gasteiger partial charge < -0.3 is 9.64 Å². The van der Waals surface area contributed by atoms with E-state index >= 15 is 0 Å². The fraction of sp³-hybridized carbons (Fsp3) is 0.263. The molecule has 5 heteroatoms. The van der Waals surface area contributed by atoms with Crippen molar-refractivity contribution in [3.05, 3.63) is 66.0 Å². The van der Waals surface area contributed by atoms with E-state index in [1.165, 1.54) is 16.3 Å². The summed E-state index contributed by atoms with van der Waals surface area (Å²) >= 11 is 0. The molecule has 122 valence electrons. The van der Waals surface area contributed by atoms with E-state index in [0.717, 1.165) is 0 Å². The van der Waals surface area contributed by atoms with E-state index in [1.54, 1.807) is 28.9 Å². The maximum Gasteiger partial charge on any atom is 0.272 e. The summed E-state index contributed by atoms with van der Waals surface area (Å²) in [7, 11) is 1.78. The van der Waals surface area contributed by atoms with Gasteiger partial charge in [0.25, 0.3) is 5.91 Å². The van der Waals surface area contributed by atoms with Gasteiger partial charge in [0.1, 0.15) is 5.69 Å². The standard InChI is InChI=1S/C19H19N3O2/c1-21-18(9-10-20-21)19(23)22-11-16(12-22)24-13-15-7-4-6-14-5-2-3-8-17(14)15/h2-10,16H,11-13H2,1H3. The number of fused-ring (bicyclic) bond motifs is 1. The first-order chi connectivity index (χ1) is 11.7. The van der Waals surface area contributed by atoms with Gasteiger partial charge in [-0.25, -0.2) is 0 Å². The van der Waals surface area contributed by atoms with Crippen LogP contribution in [0.4, 0.5) is 0 Å². The highest BCUT2D eigenvalue weighted by molar-refractivity contribution is 5.93. The highest BCUT2D eigenvalue weighted by Crippen LogP contribution is 2.22. The van der Waals surface area contributed by atoms with Crippen LogP contribution in [0.1, 0.15) is 16.1 Å². The van der Waals surface area contributed by atoms with Gasteiger partial charge in [-0.15, -0.1) is 0 Å². The van der Waals surface area contributed by atoms with Crippen LogP contribution in [0.3, 0.4) is 0 Å². The highest BCUT2D eigenvalue weighted by Gasteiger charge is 2.33. The van der Waals surface area contributed by atoms with Crippen molar-refractivity contribution in [1.82, 2.24) is 14.7 Å². The molecule has 3 aromatic rings. The summed E-state index contributed by atoms with van der Waals surface area (Å²) in [6, 6.07) is 16.3. The number of nitrogens with zero attached hydrogens (tertiary/aromatic N) is 3. The van der Waals surface area contributed by atoms with E-state index in [9.17, 15) is 4.79 Å². The van der Waals surface area contributed by atoms with Crippen LogP contribution >= 0.6 is 0 Å². The van der Waals surface area contributed by atoms with Crippen LogP contribution in [-0.2, 0) is 18.4 Å². The van der Waals surface area contributed by atoms with Gasteiger partial charge in [-0.3, -0.25) is 9.48 Å². The van der Waals surface area contributed by atoms with Crippen molar-refractivity contribution in [3.8, 4) is 0 Å². The van der Waals surface area contributed by atoms with E-state index in [2.05, 4.69) is 35.4 Å². The number of hydrogen-bond acceptors (Lipinski definition) is 3. The van der Waals surface area contributed by atoms with E-state index in [1.807, 2.05) is 12.1 Å². The van der Waals surface area contributed by atoms with E-state index in [0.29, 0.717) is 25.4 Å². The van der Waals surface area contributed by atoms with E-state index in [-0.39, 0.29) is 12.0 Å². The van der Waals surface area contributed by atoms with Crippen molar-refractivity contribution in [2.75, 3.05) is 13.1 Å². The van der Waals surface area contributed by atoms with Gasteiger partial charge in [-0.2, -0.15) is 5.10 Å². The maximum atomic E-state index is 12.3. The first kappa shape index (κ1) is 14.9. The van der Waals surface area contributed by atoms with Crippen molar-refractivity contribution in [1.29, 1.82) is 0 Å². The predicted molar refractivity (Wildman–Crippen MR) is 91.6 cm³/mol. The minimum Gasteiger partial charge on any atom is -0.370 e. The molecule has 0 aliphatic carbocycles. The van der Waals surface area contributed by atoms with Gasteiger partial charge in [-0.05, 0) is 22.4 Å². The smallest absolute Gasteiger partial charge is 0.272 e. The van der Waals surface area contributed by atoms with Gasteiger partial charge in [0.05, 0.1) is 12.7 Å². The lowest BCUT2D eigenvalue weighted by atomic mass is 10.1. The highest BCUT2D eigenvalue weighted by atomic mass is 16.5. The molecule has 0 atom stereocenters. The van der Waals surface area contributed by atoms with Gasteiger partial charge in [0, 0.05) is 26.3 Å². The molecular weight excluding hydrogens is 302 g/mol. The Kier molecular flexibility index (Phi) is 3.78. The van der Waals surface area contributed by atoms with E-state index < -0.39 is 0 Å². The SMILES string of the molecule is Cn1nccc1C(=O)N1CC(OCc2cccc3ccccc23)C1. The topological polar surface area (TPSA) is 47.4 Å². The minimum absolute atomic E-state index is 0.0139. The first-order valence-corrected chi connectivity index (χ1v) is 8.08. The van der Waals surface area contributed by atoms with Crippen LogP contribution in [-0.4, -0.2) is 39.8 Å². The number of carbonyl (C=O) groups is 1. The van der Waals surface area contributed by atoms with Gasteiger partial charge in [-0.1, -0.05) is 42.5 Å². The molecule has 0 unspecified atom stereocenters. The molecule has 4 rings (SSSR count). The molecule has 2 aromatic carbocycles. The number of ether oxygens (including phenoxy) is 1. The quantitative estimate of drug-likeness (QED) is 0.742. The molecule has 1 fully saturated rings. The largest absolute Gasteiger partial charge is 0.370 e. The third-order valence-corrected chi connectivity index (χ3v) is 4.53. The second-order valence-corrected chi connectivity index (χ2v) is 6.12. The van der Waals surface area contributed by atoms with Crippen molar-refractivity contribution in [3.63, 3.8) is 0 Å². The predicted octanol–water partition coefficient (Wildman–Crippen LogP) is 2.61. The molecule has 5 nitrogen and oxygen atoms in total. The summed E-state index contributed by atoms with van der Waals surface area (Å²) in [4.78, 5) is 14.1. The van der Waals surface area contributed by atoms with Crippen molar-refractivity contribution < 1.29 is 9.53 Å². The molecule has 1 amide bonds. The zero-order valence-corrected chi connectivity index (χ0v) is 13.6. The Morgan fingerprint density at radius 1 is 1.17 bits per heavy atom. The molecule has 1 aliphatic heterocycles. The van der Waals surface area contributed by atoms with Crippen LogP contribution in [0.5, 0.6) is 0 Å². The lowest BCUT2D eigenvalue weighted by Gasteiger charge is -2.38. The summed E-state index contributed by atoms with van der Waals surface area (Å²) in [6.45, 7) is 1.84. The number of aryl methyl sites for hydroxylation is 1. The van der Waals surface area contributed by atoms with Crippen LogP contribution < -0.4 is 0 Å². The fourth-order valence-corrected chi connectivity index (χ4v) is 3.08. The third kappa shape index (κ3) is 2.67. The maximum absolute atomic E-state index is 12.3. The third-order valence-electron chi connectivity index (χ3n) is 4.53. The first-order valence-electron chi connectivity index (χ1n) is 8.08. The molecule has 0 spiro atoms. The number of likely N-dealkylation sites (tertiary alicyclic amines) is 1. The fourth-order valence-electron chi connectivity index (χ4n) is 3.08. The summed E-state index contributed by atoms with van der Waals surface area (Å²) < 4.78 is 7.59. The Labute approximate surface area is 140 Å². The van der Waals surface area contributed by atoms with Crippen LogP contribution in [0.2, 0.25) is 0 Å². The zero-order chi connectivity index (χ0) is 16.5. The van der Waals surface area contributed by atoms with Gasteiger partial charge in [0.15, 0.2) is 0 Å². The van der Waals surface area contributed by atoms with Crippen molar-refractivity contribution >= 4 is 16.7 Å². The van der Waals surface area contributed by atoms with Crippen molar-refractivity contribution in [2.45, 2.75) is 12.7 Å². The average molecular weight is 321 g/mol. The number of hydrogen-bond donors (Lipinski definition) is 0. The Hall–Kier alpha value is -2.66. The number of benzene rings is 2. The normalized spacial score (nSPS) is 14.8. The Balaban J connectivity index is 1.35. The van der Waals surface area contributed by atoms with Crippen molar-refractivity contribution in [2.24, 2.45) is 7.05 Å². The summed E-state index contributed by atoms with van der Waals surface area (Å²) in [5.74, 6) is 0.0139. The van der Waals surface area contributed by atoms with Crippen LogP contribution in [0.25, 0.3) is 10.8 Å². The summed E-state index contributed by atoms with van der Waals surface area (Å²) in [5.41, 5.74) is 1.80. The molecule has 0 N–H and O–H groups in total. The summed E-state index contributed by atoms with van der Waals surface area (Å²) in [5, 5.41) is 6.49. The molecule has 0 saturated carbocycles. The van der Waals surface area contributed by atoms with Gasteiger partial charge in [0.2, 0.25) is 0 Å². The molecule has 1 aliphatic rings. The summed E-state index contributed by atoms with van der Waals surface area (Å²) in [6.07, 6.45) is 1.74. The minimum atomic E-state index is 0.0139. The van der Waals surface area contributed by atoms with Crippen LogP contribution in [0, 0.1) is 0 Å². The number of rotatable bonds is 4. The lowest BCUT2D eigenvalue weighted by Crippen LogP contribution is -2.55.